The summed E-state index contributed by atoms with van der Waals surface area (Å²) in [6.45, 7) is 12.8. The Kier molecular flexibility index (Phi) is 10.3. The van der Waals surface area contributed by atoms with Gasteiger partial charge in [-0.25, -0.2) is 0 Å². The normalized spacial score (nSPS) is 19.5. The Hall–Kier alpha value is -0.320. The van der Waals surface area contributed by atoms with Crippen LogP contribution in [0.1, 0.15) is 59.8 Å². The molecule has 0 bridgehead atoms. The van der Waals surface area contributed by atoms with E-state index in [4.69, 9.17) is 5.73 Å². The van der Waals surface area contributed by atoms with Crippen LogP contribution in [0.5, 0.6) is 0 Å². The second-order valence-corrected chi connectivity index (χ2v) is 7.35. The Balaban J connectivity index is 0.00000441. The summed E-state index contributed by atoms with van der Waals surface area (Å²) in [4.78, 5) is 14.7. The van der Waals surface area contributed by atoms with Crippen molar-refractivity contribution in [2.45, 2.75) is 65.3 Å². The first kappa shape index (κ1) is 21.7. The van der Waals surface area contributed by atoms with Gasteiger partial charge in [-0.15, -0.1) is 12.4 Å². The van der Waals surface area contributed by atoms with Crippen molar-refractivity contribution in [2.24, 2.45) is 17.6 Å². The second-order valence-electron chi connectivity index (χ2n) is 7.35. The topological polar surface area (TPSA) is 58.4 Å². The fourth-order valence-corrected chi connectivity index (χ4v) is 2.93. The van der Waals surface area contributed by atoms with E-state index >= 15 is 0 Å². The molecule has 1 heterocycles. The minimum Gasteiger partial charge on any atom is -0.354 e. The molecule has 1 fully saturated rings. The number of nitrogens with one attached hydrogen (secondary N) is 1. The predicted octanol–water partition coefficient (Wildman–Crippen LogP) is 2.80. The first-order valence-corrected chi connectivity index (χ1v) is 8.64. The van der Waals surface area contributed by atoms with Crippen molar-refractivity contribution in [1.82, 2.24) is 10.2 Å². The fraction of sp³-hybridized carbons (Fsp3) is 0.941. The van der Waals surface area contributed by atoms with Crippen molar-refractivity contribution >= 4 is 18.3 Å². The number of rotatable bonds is 8. The van der Waals surface area contributed by atoms with Crippen molar-refractivity contribution < 1.29 is 4.79 Å². The molecule has 1 unspecified atom stereocenters. The molecular weight excluding hydrogens is 298 g/mol. The Labute approximate surface area is 143 Å². The Morgan fingerprint density at radius 3 is 2.45 bits per heavy atom. The molecule has 1 atom stereocenters. The van der Waals surface area contributed by atoms with Crippen molar-refractivity contribution in [3.05, 3.63) is 0 Å². The third-order valence-corrected chi connectivity index (χ3v) is 4.57. The van der Waals surface area contributed by atoms with Crippen LogP contribution in [-0.4, -0.2) is 42.5 Å². The molecule has 3 N–H and O–H groups in total. The number of carbonyl (C=O) groups excluding carboxylic acids is 1. The molecule has 0 aromatic heterocycles. The van der Waals surface area contributed by atoms with E-state index in [9.17, 15) is 4.79 Å². The van der Waals surface area contributed by atoms with Gasteiger partial charge >= 0.3 is 0 Å². The van der Waals surface area contributed by atoms with E-state index in [1.807, 2.05) is 6.92 Å². The highest BCUT2D eigenvalue weighted by molar-refractivity contribution is 5.85. The molecule has 0 aliphatic carbocycles. The highest BCUT2D eigenvalue weighted by atomic mass is 35.5. The molecule has 0 aromatic carbocycles. The number of halogens is 1. The van der Waals surface area contributed by atoms with Crippen LogP contribution < -0.4 is 11.1 Å². The summed E-state index contributed by atoms with van der Waals surface area (Å²) in [6.07, 6.45) is 5.34. The number of amides is 1. The Morgan fingerprint density at radius 1 is 1.36 bits per heavy atom. The second kappa shape index (κ2) is 10.5. The van der Waals surface area contributed by atoms with Gasteiger partial charge in [-0.2, -0.15) is 0 Å². The average Bonchev–Trinajstić information content (AvgIpc) is 2.43. The smallest absolute Gasteiger partial charge is 0.239 e. The Morgan fingerprint density at radius 2 is 1.95 bits per heavy atom. The highest BCUT2D eigenvalue weighted by Gasteiger charge is 2.28. The summed E-state index contributed by atoms with van der Waals surface area (Å²) in [5.41, 5.74) is 5.34. The molecule has 0 saturated carbocycles. The van der Waals surface area contributed by atoms with Gasteiger partial charge in [-0.05, 0) is 64.1 Å². The number of hydrogen-bond acceptors (Lipinski definition) is 3. The van der Waals surface area contributed by atoms with Crippen molar-refractivity contribution in [2.75, 3.05) is 26.2 Å². The summed E-state index contributed by atoms with van der Waals surface area (Å²) in [6, 6.07) is 0. The summed E-state index contributed by atoms with van der Waals surface area (Å²) >= 11 is 0. The molecule has 0 radical (unpaired) electrons. The number of carbonyl (C=O) groups is 1. The summed E-state index contributed by atoms with van der Waals surface area (Å²) < 4.78 is 0. The molecule has 1 rings (SSSR count). The maximum atomic E-state index is 12.1. The van der Waals surface area contributed by atoms with Crippen LogP contribution in [0.3, 0.4) is 0 Å². The molecule has 1 aliphatic heterocycles. The van der Waals surface area contributed by atoms with Gasteiger partial charge in [0.25, 0.3) is 0 Å². The minimum atomic E-state index is -0.716. The highest BCUT2D eigenvalue weighted by Crippen LogP contribution is 2.18. The van der Waals surface area contributed by atoms with E-state index in [-0.39, 0.29) is 18.3 Å². The molecule has 1 saturated heterocycles. The first-order chi connectivity index (χ1) is 9.85. The van der Waals surface area contributed by atoms with E-state index < -0.39 is 5.54 Å². The van der Waals surface area contributed by atoms with Gasteiger partial charge in [0.15, 0.2) is 0 Å². The molecule has 1 aliphatic rings. The van der Waals surface area contributed by atoms with Crippen molar-refractivity contribution in [3.8, 4) is 0 Å². The minimum absolute atomic E-state index is 0. The van der Waals surface area contributed by atoms with E-state index in [0.29, 0.717) is 5.92 Å². The maximum absolute atomic E-state index is 12.1. The fourth-order valence-electron chi connectivity index (χ4n) is 2.93. The van der Waals surface area contributed by atoms with E-state index in [2.05, 4.69) is 31.0 Å². The van der Waals surface area contributed by atoms with Crippen LogP contribution >= 0.6 is 12.4 Å². The van der Waals surface area contributed by atoms with E-state index in [1.54, 1.807) is 0 Å². The maximum Gasteiger partial charge on any atom is 0.239 e. The number of hydrogen-bond donors (Lipinski definition) is 2. The quantitative estimate of drug-likeness (QED) is 0.718. The monoisotopic (exact) mass is 333 g/mol. The number of likely N-dealkylation sites (tertiary alicyclic amines) is 1. The number of piperidine rings is 1. The summed E-state index contributed by atoms with van der Waals surface area (Å²) in [5, 5.41) is 3.06. The van der Waals surface area contributed by atoms with Gasteiger partial charge in [0.05, 0.1) is 5.54 Å². The zero-order valence-corrected chi connectivity index (χ0v) is 15.7. The van der Waals surface area contributed by atoms with Gasteiger partial charge in [0.2, 0.25) is 5.91 Å². The molecule has 4 nitrogen and oxygen atoms in total. The van der Waals surface area contributed by atoms with E-state index in [0.717, 1.165) is 25.3 Å². The van der Waals surface area contributed by atoms with Crippen LogP contribution in [0.25, 0.3) is 0 Å². The van der Waals surface area contributed by atoms with E-state index in [1.165, 1.54) is 38.9 Å². The van der Waals surface area contributed by atoms with Crippen LogP contribution in [0, 0.1) is 11.8 Å². The third kappa shape index (κ3) is 7.80. The largest absolute Gasteiger partial charge is 0.354 e. The summed E-state index contributed by atoms with van der Waals surface area (Å²) in [7, 11) is 0. The molecule has 0 aromatic rings. The lowest BCUT2D eigenvalue weighted by molar-refractivity contribution is -0.126. The van der Waals surface area contributed by atoms with Gasteiger partial charge in [-0.3, -0.25) is 4.79 Å². The van der Waals surface area contributed by atoms with Crippen molar-refractivity contribution in [3.63, 3.8) is 0 Å². The lowest BCUT2D eigenvalue weighted by Crippen LogP contribution is -2.52. The molecule has 1 amide bonds. The van der Waals surface area contributed by atoms with Gasteiger partial charge < -0.3 is 16.0 Å². The lowest BCUT2D eigenvalue weighted by atomic mass is 9.94. The Bertz CT molecular complexity index is 313. The zero-order valence-electron chi connectivity index (χ0n) is 14.9. The molecule has 132 valence electrons. The third-order valence-electron chi connectivity index (χ3n) is 4.57. The summed E-state index contributed by atoms with van der Waals surface area (Å²) in [5.74, 6) is 1.40. The van der Waals surface area contributed by atoms with Crippen LogP contribution in [0.4, 0.5) is 0 Å². The van der Waals surface area contributed by atoms with Crippen LogP contribution in [-0.2, 0) is 4.79 Å². The first-order valence-electron chi connectivity index (χ1n) is 8.64. The standard InChI is InChI=1S/C17H35N3O.ClH/c1-5-9-17(4,18)16(21)19-13-15-7-11-20(12-8-15)10-6-14(2)3;/h14-15H,5-13,18H2,1-4H3,(H,19,21);1H. The van der Waals surface area contributed by atoms with Gasteiger partial charge in [0.1, 0.15) is 0 Å². The lowest BCUT2D eigenvalue weighted by Gasteiger charge is -2.33. The molecule has 5 heteroatoms. The number of nitrogens with two attached hydrogens (primary N) is 1. The molecule has 0 spiro atoms. The van der Waals surface area contributed by atoms with Gasteiger partial charge in [-0.1, -0.05) is 27.2 Å². The average molecular weight is 334 g/mol. The zero-order chi connectivity index (χ0) is 15.9. The van der Waals surface area contributed by atoms with Crippen LogP contribution in [0.2, 0.25) is 0 Å². The predicted molar refractivity (Wildman–Crippen MR) is 96.4 cm³/mol. The van der Waals surface area contributed by atoms with Crippen LogP contribution in [0.15, 0.2) is 0 Å². The molecular formula is C17H36ClN3O. The SMILES string of the molecule is CCCC(C)(N)C(=O)NCC1CCN(CCC(C)C)CC1.Cl. The van der Waals surface area contributed by atoms with Crippen molar-refractivity contribution in [1.29, 1.82) is 0 Å². The molecule has 22 heavy (non-hydrogen) atoms. The number of nitrogens with zero attached hydrogens (tertiary/aromatic N) is 1. The van der Waals surface area contributed by atoms with Gasteiger partial charge in [0, 0.05) is 6.54 Å².